The van der Waals surface area contributed by atoms with Gasteiger partial charge in [-0.3, -0.25) is 0 Å². The SMILES string of the molecule is CC1CN(c2ccc(C#N)c(C(F)(F)F)c2)C(C)CN1C(=O)NC(C)(C)c1ccccc1. The number of carbonyl (C=O) groups excluding carboxylic acids is 1. The topological polar surface area (TPSA) is 59.4 Å². The third-order valence-corrected chi connectivity index (χ3v) is 5.92. The maximum Gasteiger partial charge on any atom is 0.417 e. The van der Waals surface area contributed by atoms with Gasteiger partial charge in [-0.1, -0.05) is 30.3 Å². The molecule has 0 spiro atoms. The molecule has 0 aromatic heterocycles. The molecule has 2 amide bonds. The quantitative estimate of drug-likeness (QED) is 0.715. The second-order valence-corrected chi connectivity index (χ2v) is 8.76. The molecule has 2 unspecified atom stereocenters. The van der Waals surface area contributed by atoms with E-state index in [1.807, 2.05) is 62.9 Å². The Labute approximate surface area is 186 Å². The van der Waals surface area contributed by atoms with Crippen LogP contribution >= 0.6 is 0 Å². The van der Waals surface area contributed by atoms with Crippen molar-refractivity contribution < 1.29 is 18.0 Å². The van der Waals surface area contributed by atoms with Crippen LogP contribution in [0.2, 0.25) is 0 Å². The summed E-state index contributed by atoms with van der Waals surface area (Å²) in [4.78, 5) is 16.6. The van der Waals surface area contributed by atoms with Crippen LogP contribution in [-0.4, -0.2) is 36.1 Å². The molecule has 2 aromatic rings. The van der Waals surface area contributed by atoms with Gasteiger partial charge in [0.15, 0.2) is 0 Å². The van der Waals surface area contributed by atoms with Gasteiger partial charge in [0.25, 0.3) is 0 Å². The van der Waals surface area contributed by atoms with E-state index in [9.17, 15) is 18.0 Å². The number of anilines is 1. The van der Waals surface area contributed by atoms with E-state index in [0.29, 0.717) is 18.8 Å². The highest BCUT2D eigenvalue weighted by molar-refractivity contribution is 5.76. The van der Waals surface area contributed by atoms with Crippen LogP contribution in [-0.2, 0) is 11.7 Å². The lowest BCUT2D eigenvalue weighted by molar-refractivity contribution is -0.137. The summed E-state index contributed by atoms with van der Waals surface area (Å²) in [6, 6.07) is 14.4. The Morgan fingerprint density at radius 2 is 1.72 bits per heavy atom. The molecule has 1 fully saturated rings. The van der Waals surface area contributed by atoms with Crippen molar-refractivity contribution in [3.63, 3.8) is 0 Å². The van der Waals surface area contributed by atoms with Gasteiger partial charge in [0.05, 0.1) is 22.7 Å². The normalized spacial score (nSPS) is 19.4. The average Bonchev–Trinajstić information content (AvgIpc) is 2.74. The number of benzene rings is 2. The fraction of sp³-hybridized carbons (Fsp3) is 0.417. The van der Waals surface area contributed by atoms with E-state index in [1.165, 1.54) is 12.1 Å². The molecule has 3 rings (SSSR count). The van der Waals surface area contributed by atoms with Crippen LogP contribution in [0.3, 0.4) is 0 Å². The first-order valence-corrected chi connectivity index (χ1v) is 10.5. The lowest BCUT2D eigenvalue weighted by atomic mass is 9.94. The average molecular weight is 445 g/mol. The minimum Gasteiger partial charge on any atom is -0.365 e. The second-order valence-electron chi connectivity index (χ2n) is 8.76. The molecule has 0 radical (unpaired) electrons. The highest BCUT2D eigenvalue weighted by atomic mass is 19.4. The van der Waals surface area contributed by atoms with E-state index < -0.39 is 22.8 Å². The summed E-state index contributed by atoms with van der Waals surface area (Å²) in [5.41, 5.74) is -0.553. The van der Waals surface area contributed by atoms with Crippen molar-refractivity contribution in [2.75, 3.05) is 18.0 Å². The van der Waals surface area contributed by atoms with E-state index in [4.69, 9.17) is 5.26 Å². The molecule has 1 heterocycles. The number of carbonyl (C=O) groups is 1. The minimum atomic E-state index is -4.61. The summed E-state index contributed by atoms with van der Waals surface area (Å²) in [6.07, 6.45) is -4.61. The number of piperazine rings is 1. The minimum absolute atomic E-state index is 0.203. The van der Waals surface area contributed by atoms with Crippen molar-refractivity contribution in [1.82, 2.24) is 10.2 Å². The van der Waals surface area contributed by atoms with Crippen LogP contribution in [0.1, 0.15) is 44.4 Å². The smallest absolute Gasteiger partial charge is 0.365 e. The zero-order chi connectivity index (χ0) is 23.7. The molecule has 8 heteroatoms. The molecular weight excluding hydrogens is 417 g/mol. The molecule has 1 saturated heterocycles. The first-order chi connectivity index (χ1) is 14.9. The monoisotopic (exact) mass is 444 g/mol. The van der Waals surface area contributed by atoms with E-state index in [1.54, 1.807) is 11.0 Å². The Balaban J connectivity index is 1.77. The lowest BCUT2D eigenvalue weighted by Gasteiger charge is -2.46. The maximum atomic E-state index is 13.4. The van der Waals surface area contributed by atoms with Gasteiger partial charge in [-0.2, -0.15) is 18.4 Å². The Kier molecular flexibility index (Phi) is 6.40. The number of hydrogen-bond donors (Lipinski definition) is 1. The summed E-state index contributed by atoms with van der Waals surface area (Å²) in [5, 5.41) is 12.1. The van der Waals surface area contributed by atoms with Crippen molar-refractivity contribution in [2.24, 2.45) is 0 Å². The fourth-order valence-electron chi connectivity index (χ4n) is 4.08. The van der Waals surface area contributed by atoms with E-state index in [0.717, 1.165) is 11.6 Å². The molecule has 2 atom stereocenters. The van der Waals surface area contributed by atoms with Crippen LogP contribution in [0, 0.1) is 11.3 Å². The van der Waals surface area contributed by atoms with Crippen molar-refractivity contribution >= 4 is 11.7 Å². The molecule has 170 valence electrons. The molecular formula is C24H27F3N4O. The van der Waals surface area contributed by atoms with Crippen molar-refractivity contribution in [3.8, 4) is 6.07 Å². The van der Waals surface area contributed by atoms with Gasteiger partial charge in [-0.15, -0.1) is 0 Å². The Bertz CT molecular complexity index is 1010. The number of hydrogen-bond acceptors (Lipinski definition) is 3. The third kappa shape index (κ3) is 4.82. The zero-order valence-electron chi connectivity index (χ0n) is 18.6. The number of urea groups is 1. The standard InChI is InChI=1S/C24H27F3N4O/c1-16-15-31(22(32)29-23(3,4)19-8-6-5-7-9-19)17(2)14-30(16)20-11-10-18(13-28)21(12-20)24(25,26)27/h5-12,16-17H,14-15H2,1-4H3,(H,29,32). The van der Waals surface area contributed by atoms with Crippen LogP contribution in [0.15, 0.2) is 48.5 Å². The molecule has 0 bridgehead atoms. The van der Waals surface area contributed by atoms with Crippen LogP contribution in [0.4, 0.5) is 23.7 Å². The Morgan fingerprint density at radius 1 is 1.06 bits per heavy atom. The maximum absolute atomic E-state index is 13.4. The van der Waals surface area contributed by atoms with Gasteiger partial charge < -0.3 is 15.1 Å². The summed E-state index contributed by atoms with van der Waals surface area (Å²) >= 11 is 0. The van der Waals surface area contributed by atoms with Crippen LogP contribution < -0.4 is 10.2 Å². The molecule has 32 heavy (non-hydrogen) atoms. The van der Waals surface area contributed by atoms with Crippen LogP contribution in [0.25, 0.3) is 0 Å². The van der Waals surface area contributed by atoms with Gasteiger partial charge in [0.1, 0.15) is 0 Å². The summed E-state index contributed by atoms with van der Waals surface area (Å²) in [5.74, 6) is 0. The molecule has 1 N–H and O–H groups in total. The summed E-state index contributed by atoms with van der Waals surface area (Å²) < 4.78 is 40.2. The predicted octanol–water partition coefficient (Wildman–Crippen LogP) is 5.12. The fourth-order valence-corrected chi connectivity index (χ4v) is 4.08. The van der Waals surface area contributed by atoms with Gasteiger partial charge >= 0.3 is 12.2 Å². The molecule has 2 aromatic carbocycles. The Morgan fingerprint density at radius 3 is 2.31 bits per heavy atom. The Hall–Kier alpha value is -3.21. The van der Waals surface area contributed by atoms with Gasteiger partial charge in [0.2, 0.25) is 0 Å². The third-order valence-electron chi connectivity index (χ3n) is 5.92. The first-order valence-electron chi connectivity index (χ1n) is 10.5. The highest BCUT2D eigenvalue weighted by Gasteiger charge is 2.37. The van der Waals surface area contributed by atoms with E-state index in [-0.39, 0.29) is 18.1 Å². The zero-order valence-corrected chi connectivity index (χ0v) is 18.6. The number of nitriles is 1. The second kappa shape index (κ2) is 8.73. The van der Waals surface area contributed by atoms with Gasteiger partial charge in [-0.25, -0.2) is 4.79 Å². The van der Waals surface area contributed by atoms with E-state index in [2.05, 4.69) is 5.32 Å². The largest absolute Gasteiger partial charge is 0.417 e. The highest BCUT2D eigenvalue weighted by Crippen LogP contribution is 2.35. The number of halogens is 3. The number of nitrogens with zero attached hydrogens (tertiary/aromatic N) is 3. The molecule has 0 aliphatic carbocycles. The predicted molar refractivity (Wildman–Crippen MR) is 117 cm³/mol. The van der Waals surface area contributed by atoms with Crippen LogP contribution in [0.5, 0.6) is 0 Å². The molecule has 0 saturated carbocycles. The summed E-state index contributed by atoms with van der Waals surface area (Å²) in [6.45, 7) is 8.35. The molecule has 1 aliphatic rings. The van der Waals surface area contributed by atoms with Gasteiger partial charge in [0, 0.05) is 30.9 Å². The number of nitrogens with one attached hydrogen (secondary N) is 1. The lowest BCUT2D eigenvalue weighted by Crippen LogP contribution is -2.61. The van der Waals surface area contributed by atoms with Crippen molar-refractivity contribution in [2.45, 2.75) is 51.5 Å². The molecule has 5 nitrogen and oxygen atoms in total. The number of rotatable bonds is 3. The summed E-state index contributed by atoms with van der Waals surface area (Å²) in [7, 11) is 0. The number of alkyl halides is 3. The molecule has 1 aliphatic heterocycles. The van der Waals surface area contributed by atoms with Crippen molar-refractivity contribution in [3.05, 3.63) is 65.2 Å². The number of amides is 2. The van der Waals surface area contributed by atoms with E-state index >= 15 is 0 Å². The van der Waals surface area contributed by atoms with Crippen molar-refractivity contribution in [1.29, 1.82) is 5.26 Å². The van der Waals surface area contributed by atoms with Gasteiger partial charge in [-0.05, 0) is 51.5 Å². The first kappa shape index (κ1) is 23.5.